The molecule has 1 rings (SSSR count). The van der Waals surface area contributed by atoms with Gasteiger partial charge in [-0.25, -0.2) is 11.4 Å². The molecule has 1 atom stereocenters. The second-order valence-electron chi connectivity index (χ2n) is 6.38. The number of allylic oxidation sites excluding steroid dienone is 1. The zero-order valence-electron chi connectivity index (χ0n) is 13.2. The molecule has 0 spiro atoms. The van der Waals surface area contributed by atoms with E-state index in [0.29, 0.717) is 13.0 Å². The maximum atomic E-state index is 12.0. The minimum atomic E-state index is -1.64. The third-order valence-electron chi connectivity index (χ3n) is 3.23. The summed E-state index contributed by atoms with van der Waals surface area (Å²) in [6.45, 7) is 17.5. The summed E-state index contributed by atoms with van der Waals surface area (Å²) >= 11 is 0. The molecule has 0 radical (unpaired) electrons. The molecule has 0 fully saturated rings. The number of rotatable bonds is 6. The first-order valence-corrected chi connectivity index (χ1v) is 10.6. The van der Waals surface area contributed by atoms with Crippen molar-refractivity contribution in [3.63, 3.8) is 0 Å². The summed E-state index contributed by atoms with van der Waals surface area (Å²) in [6, 6.07) is 0. The average Bonchev–Trinajstić information content (AvgIpc) is 2.74. The van der Waals surface area contributed by atoms with E-state index in [2.05, 4.69) is 24.5 Å². The molecule has 0 saturated carbocycles. The lowest BCUT2D eigenvalue weighted by Gasteiger charge is -2.23. The Labute approximate surface area is 123 Å². The van der Waals surface area contributed by atoms with Crippen LogP contribution in [0.5, 0.6) is 0 Å². The highest BCUT2D eigenvalue weighted by atomic mass is 28.4. The summed E-state index contributed by atoms with van der Waals surface area (Å²) in [5.74, 6) is 0.588. The van der Waals surface area contributed by atoms with Gasteiger partial charge in [-0.1, -0.05) is 0 Å². The average molecular weight is 295 g/mol. The summed E-state index contributed by atoms with van der Waals surface area (Å²) in [5, 5.41) is 0. The Morgan fingerprint density at radius 3 is 2.55 bits per heavy atom. The molecule has 0 saturated heterocycles. The van der Waals surface area contributed by atoms with E-state index in [1.54, 1.807) is 13.8 Å². The van der Waals surface area contributed by atoms with Crippen molar-refractivity contribution in [2.75, 3.05) is 6.61 Å². The molecule has 0 heterocycles. The molecule has 0 N–H and O–H groups in total. The van der Waals surface area contributed by atoms with Crippen LogP contribution in [-0.4, -0.2) is 26.4 Å². The lowest BCUT2D eigenvalue weighted by molar-refractivity contribution is -0.147. The summed E-state index contributed by atoms with van der Waals surface area (Å²) in [7, 11) is -1.64. The topological polar surface area (TPSA) is 39.9 Å². The van der Waals surface area contributed by atoms with Crippen molar-refractivity contribution < 1.29 is 14.0 Å². The van der Waals surface area contributed by atoms with Gasteiger partial charge in [-0.15, -0.1) is 0 Å². The fraction of sp³-hybridized carbons (Fsp3) is 0.733. The van der Waals surface area contributed by atoms with E-state index in [0.717, 1.165) is 30.6 Å². The Morgan fingerprint density at radius 2 is 2.05 bits per heavy atom. The predicted octanol–water partition coefficient (Wildman–Crippen LogP) is 3.91. The van der Waals surface area contributed by atoms with Crippen LogP contribution in [0.3, 0.4) is 0 Å². The maximum Gasteiger partial charge on any atom is 0.393 e. The smallest absolute Gasteiger partial charge is 0.393 e. The molecule has 5 heteroatoms. The molecule has 0 aliphatic heterocycles. The monoisotopic (exact) mass is 295 g/mol. The summed E-state index contributed by atoms with van der Waals surface area (Å²) in [5.41, 5.74) is 0.00276. The quantitative estimate of drug-likeness (QED) is 0.424. The molecule has 1 aliphatic rings. The van der Waals surface area contributed by atoms with Crippen LogP contribution in [0.2, 0.25) is 19.6 Å². The van der Waals surface area contributed by atoms with Gasteiger partial charge in [0.25, 0.3) is 0 Å². The van der Waals surface area contributed by atoms with Crippen LogP contribution in [0.15, 0.2) is 11.3 Å². The maximum absolute atomic E-state index is 12.0. The predicted molar refractivity (Wildman–Crippen MR) is 81.6 cm³/mol. The number of carbonyl (C=O) groups excluding carboxylic acids is 1. The zero-order chi connectivity index (χ0) is 15.4. The van der Waals surface area contributed by atoms with Crippen LogP contribution in [0.4, 0.5) is 0 Å². The molecule has 0 aromatic rings. The van der Waals surface area contributed by atoms with E-state index in [1.165, 1.54) is 0 Å². The van der Waals surface area contributed by atoms with Crippen molar-refractivity contribution >= 4 is 14.3 Å². The standard InChI is InChI=1S/C15H25NO3Si/c1-7-18-14(17)15(2,16-3)11-12-9-8-10-13(12)19-20(4,5)6/h7-11H2,1-2,4-6H3. The molecular formula is C15H25NO3Si. The van der Waals surface area contributed by atoms with Gasteiger partial charge in [0.1, 0.15) is 0 Å². The fourth-order valence-corrected chi connectivity index (χ4v) is 3.30. The summed E-state index contributed by atoms with van der Waals surface area (Å²) in [6.07, 6.45) is 3.32. The molecule has 20 heavy (non-hydrogen) atoms. The van der Waals surface area contributed by atoms with Crippen molar-refractivity contribution in [2.24, 2.45) is 0 Å². The van der Waals surface area contributed by atoms with Crippen LogP contribution in [0.1, 0.15) is 39.5 Å². The highest BCUT2D eigenvalue weighted by molar-refractivity contribution is 6.70. The van der Waals surface area contributed by atoms with E-state index in [4.69, 9.17) is 15.7 Å². The number of carbonyl (C=O) groups is 1. The van der Waals surface area contributed by atoms with Crippen LogP contribution in [-0.2, 0) is 14.0 Å². The first-order valence-electron chi connectivity index (χ1n) is 7.17. The van der Waals surface area contributed by atoms with E-state index < -0.39 is 19.8 Å². The van der Waals surface area contributed by atoms with Gasteiger partial charge in [-0.05, 0) is 45.0 Å². The minimum Gasteiger partial charge on any atom is -0.547 e. The van der Waals surface area contributed by atoms with E-state index in [-0.39, 0.29) is 0 Å². The van der Waals surface area contributed by atoms with Crippen molar-refractivity contribution in [3.05, 3.63) is 22.7 Å². The second-order valence-corrected chi connectivity index (χ2v) is 10.8. The van der Waals surface area contributed by atoms with Gasteiger partial charge in [0.15, 0.2) is 0 Å². The van der Waals surface area contributed by atoms with Crippen LogP contribution < -0.4 is 0 Å². The molecule has 112 valence electrons. The highest BCUT2D eigenvalue weighted by Crippen LogP contribution is 2.36. The Balaban J connectivity index is 2.91. The van der Waals surface area contributed by atoms with Gasteiger partial charge >= 0.3 is 11.5 Å². The Hall–Kier alpha value is -1.28. The van der Waals surface area contributed by atoms with Crippen LogP contribution in [0.25, 0.3) is 4.85 Å². The second kappa shape index (κ2) is 6.44. The summed E-state index contributed by atoms with van der Waals surface area (Å²) in [4.78, 5) is 15.5. The molecule has 0 amide bonds. The van der Waals surface area contributed by atoms with Gasteiger partial charge in [0.05, 0.1) is 18.8 Å². The van der Waals surface area contributed by atoms with E-state index >= 15 is 0 Å². The molecule has 4 nitrogen and oxygen atoms in total. The number of hydrogen-bond acceptors (Lipinski definition) is 3. The molecule has 0 bridgehead atoms. The number of hydrogen-bond donors (Lipinski definition) is 0. The first-order chi connectivity index (χ1) is 9.22. The first kappa shape index (κ1) is 16.8. The third kappa shape index (κ3) is 4.38. The van der Waals surface area contributed by atoms with Gasteiger partial charge < -0.3 is 9.16 Å². The minimum absolute atomic E-state index is 0.307. The van der Waals surface area contributed by atoms with E-state index in [1.807, 2.05) is 0 Å². The van der Waals surface area contributed by atoms with Crippen molar-refractivity contribution in [1.82, 2.24) is 0 Å². The number of esters is 1. The third-order valence-corrected chi connectivity index (χ3v) is 4.08. The lowest BCUT2D eigenvalue weighted by atomic mass is 9.93. The van der Waals surface area contributed by atoms with Gasteiger partial charge in [0.2, 0.25) is 8.32 Å². The highest BCUT2D eigenvalue weighted by Gasteiger charge is 2.44. The molecular weight excluding hydrogens is 270 g/mol. The normalized spacial score (nSPS) is 18.4. The SMILES string of the molecule is [C-]#[N+]C(C)(CC1=C(O[Si](C)(C)C)CCC1)C(=O)OCC. The van der Waals surface area contributed by atoms with Crippen molar-refractivity contribution in [1.29, 1.82) is 0 Å². The molecule has 0 aromatic heterocycles. The molecule has 1 aliphatic carbocycles. The Morgan fingerprint density at radius 1 is 1.40 bits per heavy atom. The van der Waals surface area contributed by atoms with E-state index in [9.17, 15) is 4.79 Å². The van der Waals surface area contributed by atoms with Crippen LogP contribution >= 0.6 is 0 Å². The molecule has 0 aromatic carbocycles. The zero-order valence-corrected chi connectivity index (χ0v) is 14.2. The lowest BCUT2D eigenvalue weighted by Crippen LogP contribution is -2.34. The molecule has 1 unspecified atom stereocenters. The summed E-state index contributed by atoms with van der Waals surface area (Å²) < 4.78 is 11.1. The largest absolute Gasteiger partial charge is 0.547 e. The van der Waals surface area contributed by atoms with Crippen LogP contribution in [0, 0.1) is 6.57 Å². The fourth-order valence-electron chi connectivity index (χ4n) is 2.32. The van der Waals surface area contributed by atoms with Gasteiger partial charge in [-0.2, -0.15) is 0 Å². The number of nitrogens with zero attached hydrogens (tertiary/aromatic N) is 1. The van der Waals surface area contributed by atoms with Crippen molar-refractivity contribution in [2.45, 2.75) is 64.7 Å². The van der Waals surface area contributed by atoms with Gasteiger partial charge in [-0.3, -0.25) is 4.85 Å². The Bertz CT molecular complexity index is 445. The van der Waals surface area contributed by atoms with Crippen molar-refractivity contribution in [3.8, 4) is 0 Å². The Kier molecular flexibility index (Phi) is 5.40. The number of ether oxygens (including phenoxy) is 1. The van der Waals surface area contributed by atoms with Gasteiger partial charge in [0, 0.05) is 13.3 Å².